The predicted octanol–water partition coefficient (Wildman–Crippen LogP) is 3.81. The number of hydrogen-bond acceptors (Lipinski definition) is 5. The number of carbonyl (C=O) groups excluding carboxylic acids is 1. The highest BCUT2D eigenvalue weighted by Gasteiger charge is 2.30. The number of nitrogens with zero attached hydrogens (tertiary/aromatic N) is 5. The highest BCUT2D eigenvalue weighted by molar-refractivity contribution is 5.88. The van der Waals surface area contributed by atoms with Crippen LogP contribution in [0.25, 0.3) is 22.0 Å². The second-order valence-corrected chi connectivity index (χ2v) is 8.14. The Bertz CT molecular complexity index is 1070. The van der Waals surface area contributed by atoms with E-state index in [0.717, 1.165) is 22.0 Å². The van der Waals surface area contributed by atoms with Crippen LogP contribution in [0.15, 0.2) is 36.7 Å². The SMILES string of the molecule is Cn1cc(-c2ccc3cnc(CC(=O)C4CCN(CCC(F)(F)F)CC4)cc3c2)nn1. The van der Waals surface area contributed by atoms with Crippen molar-refractivity contribution < 1.29 is 18.0 Å². The van der Waals surface area contributed by atoms with Crippen molar-refractivity contribution in [1.82, 2.24) is 24.9 Å². The van der Waals surface area contributed by atoms with Crippen molar-refractivity contribution >= 4 is 16.6 Å². The third kappa shape index (κ3) is 5.46. The molecule has 0 saturated carbocycles. The van der Waals surface area contributed by atoms with E-state index in [9.17, 15) is 18.0 Å². The Labute approximate surface area is 178 Å². The van der Waals surface area contributed by atoms with Gasteiger partial charge in [-0.1, -0.05) is 17.3 Å². The molecule has 0 spiro atoms. The van der Waals surface area contributed by atoms with Gasteiger partial charge in [-0.25, -0.2) is 0 Å². The van der Waals surface area contributed by atoms with Crippen molar-refractivity contribution in [1.29, 1.82) is 0 Å². The van der Waals surface area contributed by atoms with Crippen LogP contribution in [0.2, 0.25) is 0 Å². The number of piperidine rings is 1. The van der Waals surface area contributed by atoms with Gasteiger partial charge < -0.3 is 4.90 Å². The van der Waals surface area contributed by atoms with Crippen LogP contribution in [0, 0.1) is 5.92 Å². The Kier molecular flexibility index (Phi) is 6.04. The van der Waals surface area contributed by atoms with Crippen LogP contribution in [-0.2, 0) is 18.3 Å². The number of aryl methyl sites for hydroxylation is 1. The molecule has 0 bridgehead atoms. The fraction of sp³-hybridized carbons (Fsp3) is 0.455. The van der Waals surface area contributed by atoms with Crippen LogP contribution in [0.3, 0.4) is 0 Å². The first-order chi connectivity index (χ1) is 14.8. The Hall–Kier alpha value is -2.81. The maximum atomic E-state index is 12.8. The molecule has 1 aromatic carbocycles. The summed E-state index contributed by atoms with van der Waals surface area (Å²) in [6.45, 7) is 1.06. The van der Waals surface area contributed by atoms with Crippen molar-refractivity contribution in [3.05, 3.63) is 42.4 Å². The van der Waals surface area contributed by atoms with E-state index in [2.05, 4.69) is 15.3 Å². The van der Waals surface area contributed by atoms with Gasteiger partial charge in [0, 0.05) is 48.8 Å². The number of benzene rings is 1. The Morgan fingerprint density at radius 2 is 1.94 bits per heavy atom. The number of aromatic nitrogens is 4. The highest BCUT2D eigenvalue weighted by Crippen LogP contribution is 2.25. The fourth-order valence-electron chi connectivity index (χ4n) is 4.01. The maximum Gasteiger partial charge on any atom is 0.390 e. The molecule has 0 amide bonds. The van der Waals surface area contributed by atoms with Gasteiger partial charge >= 0.3 is 6.18 Å². The number of hydrogen-bond donors (Lipinski definition) is 0. The number of pyridine rings is 1. The third-order valence-corrected chi connectivity index (χ3v) is 5.79. The first kappa shape index (κ1) is 21.4. The van der Waals surface area contributed by atoms with Crippen LogP contribution >= 0.6 is 0 Å². The summed E-state index contributed by atoms with van der Waals surface area (Å²) in [6, 6.07) is 7.86. The minimum Gasteiger partial charge on any atom is -0.303 e. The topological polar surface area (TPSA) is 63.9 Å². The molecule has 0 atom stereocenters. The highest BCUT2D eigenvalue weighted by atomic mass is 19.4. The quantitative estimate of drug-likeness (QED) is 0.594. The Morgan fingerprint density at radius 1 is 1.16 bits per heavy atom. The number of halogens is 3. The summed E-state index contributed by atoms with van der Waals surface area (Å²) in [5.41, 5.74) is 2.42. The van der Waals surface area contributed by atoms with E-state index in [4.69, 9.17) is 0 Å². The monoisotopic (exact) mass is 431 g/mol. The van der Waals surface area contributed by atoms with E-state index >= 15 is 0 Å². The van der Waals surface area contributed by atoms with Crippen molar-refractivity contribution in [3.8, 4) is 11.3 Å². The number of rotatable bonds is 6. The lowest BCUT2D eigenvalue weighted by Crippen LogP contribution is -2.38. The molecule has 6 nitrogen and oxygen atoms in total. The predicted molar refractivity (Wildman–Crippen MR) is 110 cm³/mol. The summed E-state index contributed by atoms with van der Waals surface area (Å²) in [5.74, 6) is -0.0158. The number of Topliss-reactive ketones (excluding diaryl/α,β-unsaturated/α-hetero) is 1. The lowest BCUT2D eigenvalue weighted by molar-refractivity contribution is -0.139. The van der Waals surface area contributed by atoms with Gasteiger partial charge in [-0.2, -0.15) is 13.2 Å². The summed E-state index contributed by atoms with van der Waals surface area (Å²) in [7, 11) is 1.81. The van der Waals surface area contributed by atoms with Crippen LogP contribution in [0.1, 0.15) is 25.0 Å². The van der Waals surface area contributed by atoms with E-state index in [1.54, 1.807) is 15.8 Å². The number of fused-ring (bicyclic) bond motifs is 1. The van der Waals surface area contributed by atoms with Gasteiger partial charge in [0.15, 0.2) is 0 Å². The van der Waals surface area contributed by atoms with Gasteiger partial charge in [-0.05, 0) is 43.5 Å². The molecule has 1 aliphatic rings. The fourth-order valence-corrected chi connectivity index (χ4v) is 4.01. The van der Waals surface area contributed by atoms with Crippen molar-refractivity contribution in [2.24, 2.45) is 13.0 Å². The molecule has 3 heterocycles. The van der Waals surface area contributed by atoms with E-state index in [-0.39, 0.29) is 24.7 Å². The first-order valence-electron chi connectivity index (χ1n) is 10.3. The zero-order valence-corrected chi connectivity index (χ0v) is 17.3. The van der Waals surface area contributed by atoms with Crippen LogP contribution in [-0.4, -0.2) is 56.5 Å². The number of likely N-dealkylation sites (tertiary alicyclic amines) is 1. The molecular formula is C22H24F3N5O. The minimum absolute atomic E-state index is 0.00473. The molecule has 0 radical (unpaired) electrons. The summed E-state index contributed by atoms with van der Waals surface area (Å²) < 4.78 is 38.8. The number of alkyl halides is 3. The van der Waals surface area contributed by atoms with Crippen LogP contribution in [0.4, 0.5) is 13.2 Å². The molecule has 9 heteroatoms. The molecule has 2 aromatic heterocycles. The summed E-state index contributed by atoms with van der Waals surface area (Å²) in [6.07, 6.45) is 0.0945. The average molecular weight is 431 g/mol. The lowest BCUT2D eigenvalue weighted by Gasteiger charge is -2.31. The van der Waals surface area contributed by atoms with Gasteiger partial charge in [0.25, 0.3) is 0 Å². The Morgan fingerprint density at radius 3 is 2.61 bits per heavy atom. The first-order valence-corrected chi connectivity index (χ1v) is 10.3. The van der Waals surface area contributed by atoms with Crippen LogP contribution in [0.5, 0.6) is 0 Å². The third-order valence-electron chi connectivity index (χ3n) is 5.79. The van der Waals surface area contributed by atoms with Gasteiger partial charge in [0.1, 0.15) is 11.5 Å². The zero-order chi connectivity index (χ0) is 22.0. The van der Waals surface area contributed by atoms with E-state index in [1.807, 2.05) is 37.5 Å². The summed E-state index contributed by atoms with van der Waals surface area (Å²) in [5, 5.41) is 10.0. The van der Waals surface area contributed by atoms with E-state index in [0.29, 0.717) is 31.6 Å². The summed E-state index contributed by atoms with van der Waals surface area (Å²) >= 11 is 0. The lowest BCUT2D eigenvalue weighted by atomic mass is 9.90. The molecule has 164 valence electrons. The molecule has 1 saturated heterocycles. The molecule has 0 unspecified atom stereocenters. The molecule has 0 aliphatic carbocycles. The second-order valence-electron chi connectivity index (χ2n) is 8.14. The maximum absolute atomic E-state index is 12.8. The van der Waals surface area contributed by atoms with Crippen LogP contribution < -0.4 is 0 Å². The number of carbonyl (C=O) groups is 1. The average Bonchev–Trinajstić information content (AvgIpc) is 3.18. The largest absolute Gasteiger partial charge is 0.390 e. The molecule has 0 N–H and O–H groups in total. The minimum atomic E-state index is -4.14. The second kappa shape index (κ2) is 8.74. The van der Waals surface area contributed by atoms with Crippen molar-refractivity contribution in [3.63, 3.8) is 0 Å². The van der Waals surface area contributed by atoms with E-state index in [1.165, 1.54) is 0 Å². The standard InChI is InChI=1S/C22H24F3N5O/c1-29-14-20(27-28-29)16-2-3-17-13-26-19(11-18(17)10-16)12-21(31)15-4-7-30(8-5-15)9-6-22(23,24)25/h2-3,10-11,13-15H,4-9,12H2,1H3. The number of ketones is 1. The molecule has 1 aliphatic heterocycles. The Balaban J connectivity index is 1.38. The molecule has 31 heavy (non-hydrogen) atoms. The normalized spacial score (nSPS) is 16.1. The molecule has 3 aromatic rings. The van der Waals surface area contributed by atoms with Crippen molar-refractivity contribution in [2.45, 2.75) is 31.9 Å². The smallest absolute Gasteiger partial charge is 0.303 e. The van der Waals surface area contributed by atoms with Gasteiger partial charge in [0.2, 0.25) is 0 Å². The molecule has 1 fully saturated rings. The van der Waals surface area contributed by atoms with Gasteiger partial charge in [-0.15, -0.1) is 5.10 Å². The molecule has 4 rings (SSSR count). The van der Waals surface area contributed by atoms with E-state index < -0.39 is 12.6 Å². The van der Waals surface area contributed by atoms with Gasteiger partial charge in [0.05, 0.1) is 12.6 Å². The summed E-state index contributed by atoms with van der Waals surface area (Å²) in [4.78, 5) is 19.0. The van der Waals surface area contributed by atoms with Crippen molar-refractivity contribution in [2.75, 3.05) is 19.6 Å². The zero-order valence-electron chi connectivity index (χ0n) is 17.3. The molecular weight excluding hydrogens is 407 g/mol. The van der Waals surface area contributed by atoms with Gasteiger partial charge in [-0.3, -0.25) is 14.5 Å².